The Balaban J connectivity index is 1.78. The molecule has 1 fully saturated rings. The van der Waals surface area contributed by atoms with Crippen molar-refractivity contribution in [2.45, 2.75) is 25.7 Å². The number of nitrogens with zero attached hydrogens (tertiary/aromatic N) is 3. The van der Waals surface area contributed by atoms with Gasteiger partial charge in [-0.3, -0.25) is 15.2 Å². The van der Waals surface area contributed by atoms with Crippen LogP contribution in [0.5, 0.6) is 0 Å². The highest BCUT2D eigenvalue weighted by atomic mass is 16.1. The summed E-state index contributed by atoms with van der Waals surface area (Å²) in [5, 5.41) is 14.0. The molecular formula is C19H24N6O. The lowest BCUT2D eigenvalue weighted by Gasteiger charge is -2.22. The Morgan fingerprint density at radius 1 is 1.15 bits per heavy atom. The predicted molar refractivity (Wildman–Crippen MR) is 104 cm³/mol. The number of aromatic nitrogens is 2. The normalized spacial score (nSPS) is 14.4. The molecule has 0 saturated carbocycles. The van der Waals surface area contributed by atoms with Crippen molar-refractivity contribution in [3.05, 3.63) is 42.2 Å². The van der Waals surface area contributed by atoms with Gasteiger partial charge in [-0.1, -0.05) is 12.8 Å². The van der Waals surface area contributed by atoms with Gasteiger partial charge in [-0.2, -0.15) is 0 Å². The average molecular weight is 352 g/mol. The van der Waals surface area contributed by atoms with E-state index >= 15 is 0 Å². The molecule has 0 unspecified atom stereocenters. The minimum Gasteiger partial charge on any atom is -0.373 e. The van der Waals surface area contributed by atoms with Gasteiger partial charge in [0.05, 0.1) is 11.9 Å². The number of rotatable bonds is 5. The van der Waals surface area contributed by atoms with E-state index in [-0.39, 0.29) is 5.71 Å². The van der Waals surface area contributed by atoms with Crippen LogP contribution in [0, 0.1) is 5.41 Å². The van der Waals surface area contributed by atoms with E-state index < -0.39 is 5.91 Å². The van der Waals surface area contributed by atoms with Crippen molar-refractivity contribution in [3.8, 4) is 0 Å². The van der Waals surface area contributed by atoms with Crippen LogP contribution in [-0.4, -0.2) is 41.7 Å². The lowest BCUT2D eigenvalue weighted by Crippen LogP contribution is -2.27. The molecule has 1 saturated heterocycles. The zero-order valence-electron chi connectivity index (χ0n) is 15.0. The van der Waals surface area contributed by atoms with Crippen molar-refractivity contribution in [1.29, 1.82) is 5.41 Å². The third-order valence-electron chi connectivity index (χ3n) is 4.46. The Morgan fingerprint density at radius 2 is 1.92 bits per heavy atom. The molecular weight excluding hydrogens is 328 g/mol. The smallest absolute Gasteiger partial charge is 0.274 e. The van der Waals surface area contributed by atoms with Gasteiger partial charge in [-0.05, 0) is 37.1 Å². The molecule has 136 valence electrons. The van der Waals surface area contributed by atoms with Crippen LogP contribution in [0.15, 0.2) is 36.7 Å². The first kappa shape index (κ1) is 17.8. The minimum atomic E-state index is -0.487. The summed E-state index contributed by atoms with van der Waals surface area (Å²) in [6.07, 6.45) is 8.03. The van der Waals surface area contributed by atoms with Crippen LogP contribution in [0.25, 0.3) is 0 Å². The molecule has 7 heteroatoms. The van der Waals surface area contributed by atoms with Crippen molar-refractivity contribution in [2.24, 2.45) is 0 Å². The first-order chi connectivity index (χ1) is 12.7. The molecule has 0 aromatic carbocycles. The van der Waals surface area contributed by atoms with Gasteiger partial charge in [0.15, 0.2) is 0 Å². The van der Waals surface area contributed by atoms with Gasteiger partial charge in [0.25, 0.3) is 5.91 Å². The van der Waals surface area contributed by atoms with Crippen molar-refractivity contribution in [1.82, 2.24) is 9.97 Å². The van der Waals surface area contributed by atoms with Crippen LogP contribution in [-0.2, 0) is 4.79 Å². The van der Waals surface area contributed by atoms with E-state index in [4.69, 9.17) is 5.41 Å². The number of anilines is 3. The topological polar surface area (TPSA) is 94.0 Å². The summed E-state index contributed by atoms with van der Waals surface area (Å²) < 4.78 is 0. The Kier molecular flexibility index (Phi) is 5.78. The second-order valence-electron chi connectivity index (χ2n) is 6.29. The van der Waals surface area contributed by atoms with Crippen LogP contribution in [0.2, 0.25) is 0 Å². The zero-order valence-corrected chi connectivity index (χ0v) is 15.0. The first-order valence-electron chi connectivity index (χ1n) is 8.93. The van der Waals surface area contributed by atoms with E-state index in [1.54, 1.807) is 37.6 Å². The molecule has 1 aliphatic rings. The van der Waals surface area contributed by atoms with Gasteiger partial charge in [0, 0.05) is 31.9 Å². The highest BCUT2D eigenvalue weighted by Gasteiger charge is 2.19. The second kappa shape index (κ2) is 8.42. The number of nitrogens with one attached hydrogen (secondary N) is 3. The Morgan fingerprint density at radius 3 is 2.58 bits per heavy atom. The molecule has 0 atom stereocenters. The summed E-state index contributed by atoms with van der Waals surface area (Å²) in [6.45, 7) is 1.99. The van der Waals surface area contributed by atoms with Crippen molar-refractivity contribution in [3.63, 3.8) is 0 Å². The van der Waals surface area contributed by atoms with Gasteiger partial charge in [-0.15, -0.1) is 0 Å². The summed E-state index contributed by atoms with van der Waals surface area (Å²) >= 11 is 0. The maximum atomic E-state index is 12.4. The monoisotopic (exact) mass is 352 g/mol. The lowest BCUT2D eigenvalue weighted by atomic mass is 10.1. The summed E-state index contributed by atoms with van der Waals surface area (Å²) in [5.74, 6) is 0.942. The molecule has 0 bridgehead atoms. The third kappa shape index (κ3) is 4.17. The molecule has 7 nitrogen and oxygen atoms in total. The molecule has 1 aliphatic heterocycles. The van der Waals surface area contributed by atoms with E-state index in [0.717, 1.165) is 18.9 Å². The Hall–Kier alpha value is -2.96. The summed E-state index contributed by atoms with van der Waals surface area (Å²) in [4.78, 5) is 23.3. The van der Waals surface area contributed by atoms with Gasteiger partial charge >= 0.3 is 0 Å². The summed E-state index contributed by atoms with van der Waals surface area (Å²) in [5.41, 5.74) is 0.906. The SMILES string of the molecule is CNc1nc(N2CCCCCC2)ccc1C(=N)C(=O)Nc1cccnc1. The molecule has 0 spiro atoms. The predicted octanol–water partition coefficient (Wildman–Crippen LogP) is 2.91. The van der Waals surface area contributed by atoms with Crippen LogP contribution >= 0.6 is 0 Å². The molecule has 1 amide bonds. The fourth-order valence-electron chi connectivity index (χ4n) is 3.07. The number of pyridine rings is 2. The number of carbonyl (C=O) groups is 1. The lowest BCUT2D eigenvalue weighted by molar-refractivity contribution is -0.110. The van der Waals surface area contributed by atoms with E-state index in [1.165, 1.54) is 25.7 Å². The van der Waals surface area contributed by atoms with Crippen LogP contribution in [0.1, 0.15) is 31.2 Å². The molecule has 0 aliphatic carbocycles. The fourth-order valence-corrected chi connectivity index (χ4v) is 3.07. The van der Waals surface area contributed by atoms with Crippen molar-refractivity contribution >= 4 is 28.9 Å². The molecule has 3 rings (SSSR count). The van der Waals surface area contributed by atoms with E-state index in [2.05, 4.69) is 25.5 Å². The van der Waals surface area contributed by atoms with Gasteiger partial charge in [0.2, 0.25) is 0 Å². The molecule has 3 N–H and O–H groups in total. The summed E-state index contributed by atoms with van der Waals surface area (Å²) in [7, 11) is 1.75. The largest absolute Gasteiger partial charge is 0.373 e. The molecule has 0 radical (unpaired) electrons. The molecule has 2 aromatic rings. The standard InChI is InChI=1S/C19H24N6O/c1-21-18-15(17(20)19(26)23-14-7-6-10-22-13-14)8-9-16(24-18)25-11-4-2-3-5-12-25/h6-10,13,20H,2-5,11-12H2,1H3,(H,21,24)(H,23,26). The first-order valence-corrected chi connectivity index (χ1v) is 8.93. The number of carbonyl (C=O) groups excluding carboxylic acids is 1. The van der Waals surface area contributed by atoms with Crippen LogP contribution < -0.4 is 15.5 Å². The van der Waals surface area contributed by atoms with E-state index in [0.29, 0.717) is 17.1 Å². The number of hydrogen-bond acceptors (Lipinski definition) is 6. The molecule has 3 heterocycles. The van der Waals surface area contributed by atoms with Crippen molar-refractivity contribution < 1.29 is 4.79 Å². The third-order valence-corrected chi connectivity index (χ3v) is 4.46. The molecule has 26 heavy (non-hydrogen) atoms. The van der Waals surface area contributed by atoms with Crippen LogP contribution in [0.4, 0.5) is 17.3 Å². The average Bonchev–Trinajstić information content (AvgIpc) is 2.97. The minimum absolute atomic E-state index is 0.131. The highest BCUT2D eigenvalue weighted by molar-refractivity contribution is 6.48. The second-order valence-corrected chi connectivity index (χ2v) is 6.29. The number of hydrogen-bond donors (Lipinski definition) is 3. The Labute approximate surface area is 153 Å². The quantitative estimate of drug-likeness (QED) is 0.719. The highest BCUT2D eigenvalue weighted by Crippen LogP contribution is 2.22. The van der Waals surface area contributed by atoms with Gasteiger partial charge < -0.3 is 15.5 Å². The Bertz CT molecular complexity index is 769. The summed E-state index contributed by atoms with van der Waals surface area (Å²) in [6, 6.07) is 7.16. The molecule has 2 aromatic heterocycles. The van der Waals surface area contributed by atoms with Gasteiger partial charge in [0.1, 0.15) is 17.3 Å². The fraction of sp³-hybridized carbons (Fsp3) is 0.368. The maximum absolute atomic E-state index is 12.4. The van der Waals surface area contributed by atoms with Gasteiger partial charge in [-0.25, -0.2) is 4.98 Å². The van der Waals surface area contributed by atoms with Crippen molar-refractivity contribution in [2.75, 3.05) is 35.7 Å². The zero-order chi connectivity index (χ0) is 18.4. The van der Waals surface area contributed by atoms with E-state index in [1.807, 2.05) is 6.07 Å². The maximum Gasteiger partial charge on any atom is 0.274 e. The number of amides is 1. The van der Waals surface area contributed by atoms with E-state index in [9.17, 15) is 4.79 Å². The van der Waals surface area contributed by atoms with Crippen LogP contribution in [0.3, 0.4) is 0 Å².